The first-order chi connectivity index (χ1) is 28.7. The van der Waals surface area contributed by atoms with Crippen LogP contribution in [0.4, 0.5) is 0 Å². The minimum atomic E-state index is 0.639. The molecular weight excluding hydrogens is 709 g/mol. The highest BCUT2D eigenvalue weighted by Gasteiger charge is 2.20. The van der Waals surface area contributed by atoms with Crippen molar-refractivity contribution in [3.63, 3.8) is 0 Å². The van der Waals surface area contributed by atoms with E-state index in [1.807, 2.05) is 24.3 Å². The van der Waals surface area contributed by atoms with Crippen molar-refractivity contribution >= 4 is 65.4 Å². The number of aromatic nitrogens is 4. The summed E-state index contributed by atoms with van der Waals surface area (Å²) in [5.41, 5.74) is 12.7. The van der Waals surface area contributed by atoms with Gasteiger partial charge in [-0.25, -0.2) is 15.0 Å². The van der Waals surface area contributed by atoms with Gasteiger partial charge in [0.05, 0.1) is 33.6 Å². The van der Waals surface area contributed by atoms with E-state index >= 15 is 0 Å². The van der Waals surface area contributed by atoms with Gasteiger partial charge in [0.25, 0.3) is 0 Å². The van der Waals surface area contributed by atoms with E-state index in [0.717, 1.165) is 94.2 Å². The lowest BCUT2D eigenvalue weighted by Gasteiger charge is -2.13. The smallest absolute Gasteiger partial charge is 0.160 e. The highest BCUT2D eigenvalue weighted by molar-refractivity contribution is 6.28. The summed E-state index contributed by atoms with van der Waals surface area (Å²) in [6.45, 7) is 0. The van der Waals surface area contributed by atoms with Gasteiger partial charge in [-0.1, -0.05) is 133 Å². The number of hydrogen-bond donors (Lipinski definition) is 0. The first kappa shape index (κ1) is 32.4. The van der Waals surface area contributed by atoms with Crippen molar-refractivity contribution in [3.05, 3.63) is 194 Å². The Morgan fingerprint density at radius 3 is 1.81 bits per heavy atom. The zero-order valence-electron chi connectivity index (χ0n) is 31.2. The Morgan fingerprint density at radius 2 is 1.00 bits per heavy atom. The minimum Gasteiger partial charge on any atom is -0.456 e. The van der Waals surface area contributed by atoms with Crippen LogP contribution < -0.4 is 0 Å². The molecule has 0 radical (unpaired) electrons. The van der Waals surface area contributed by atoms with E-state index in [9.17, 15) is 0 Å². The van der Waals surface area contributed by atoms with Crippen LogP contribution in [0.25, 0.3) is 116 Å². The highest BCUT2D eigenvalue weighted by Crippen LogP contribution is 2.42. The number of para-hydroxylation sites is 3. The van der Waals surface area contributed by atoms with E-state index < -0.39 is 0 Å². The van der Waals surface area contributed by atoms with Crippen LogP contribution in [0.3, 0.4) is 0 Å². The molecule has 0 atom stereocenters. The molecule has 0 N–H and O–H groups in total. The SMILES string of the molecule is c1ccc(-c2cc(-c3ccc4c(c3)c3ccccc3n4-c3ccccc3)nc(-c3ccc4c(c3)nc(-c3ccccc3)c3ccc5oc6ccccc6c5c34)n2)cc1. The summed E-state index contributed by atoms with van der Waals surface area (Å²) in [7, 11) is 0. The first-order valence-electron chi connectivity index (χ1n) is 19.5. The summed E-state index contributed by atoms with van der Waals surface area (Å²) in [4.78, 5) is 15.9. The maximum atomic E-state index is 6.39. The third-order valence-electron chi connectivity index (χ3n) is 11.4. The molecule has 0 aliphatic heterocycles. The minimum absolute atomic E-state index is 0.639. The van der Waals surface area contributed by atoms with E-state index in [2.05, 4.69) is 174 Å². The average Bonchev–Trinajstić information content (AvgIpc) is 3.85. The Kier molecular flexibility index (Phi) is 7.16. The molecule has 58 heavy (non-hydrogen) atoms. The summed E-state index contributed by atoms with van der Waals surface area (Å²) < 4.78 is 8.73. The molecule has 12 aromatic rings. The van der Waals surface area contributed by atoms with Crippen LogP contribution in [0, 0.1) is 0 Å². The van der Waals surface area contributed by atoms with E-state index in [-0.39, 0.29) is 0 Å². The Labute approximate surface area is 333 Å². The van der Waals surface area contributed by atoms with E-state index in [1.54, 1.807) is 0 Å². The molecule has 4 aromatic heterocycles. The molecule has 4 heterocycles. The molecule has 0 spiro atoms. The van der Waals surface area contributed by atoms with Gasteiger partial charge in [-0.05, 0) is 60.7 Å². The highest BCUT2D eigenvalue weighted by atomic mass is 16.3. The Hall–Kier alpha value is -7.89. The van der Waals surface area contributed by atoms with Crippen molar-refractivity contribution in [1.29, 1.82) is 0 Å². The van der Waals surface area contributed by atoms with Crippen LogP contribution in [-0.2, 0) is 0 Å². The lowest BCUT2D eigenvalue weighted by atomic mass is 9.95. The number of fused-ring (bicyclic) bond motifs is 10. The van der Waals surface area contributed by atoms with Gasteiger partial charge in [0.15, 0.2) is 5.82 Å². The van der Waals surface area contributed by atoms with Gasteiger partial charge in [-0.3, -0.25) is 0 Å². The summed E-state index contributed by atoms with van der Waals surface area (Å²) in [6, 6.07) is 67.7. The molecule has 5 heteroatoms. The van der Waals surface area contributed by atoms with Crippen molar-refractivity contribution in [1.82, 2.24) is 19.5 Å². The average molecular weight is 741 g/mol. The normalized spacial score (nSPS) is 11.8. The first-order valence-corrected chi connectivity index (χ1v) is 19.5. The molecule has 0 amide bonds. The van der Waals surface area contributed by atoms with Gasteiger partial charge in [0, 0.05) is 65.6 Å². The summed E-state index contributed by atoms with van der Waals surface area (Å²) in [5, 5.41) is 7.81. The summed E-state index contributed by atoms with van der Waals surface area (Å²) in [5.74, 6) is 0.639. The lowest BCUT2D eigenvalue weighted by Crippen LogP contribution is -1.97. The monoisotopic (exact) mass is 740 g/mol. The van der Waals surface area contributed by atoms with Gasteiger partial charge < -0.3 is 8.98 Å². The van der Waals surface area contributed by atoms with Crippen molar-refractivity contribution < 1.29 is 4.42 Å². The van der Waals surface area contributed by atoms with Crippen molar-refractivity contribution in [2.75, 3.05) is 0 Å². The topological polar surface area (TPSA) is 56.7 Å². The fraction of sp³-hybridized carbons (Fsp3) is 0. The molecule has 5 nitrogen and oxygen atoms in total. The third kappa shape index (κ3) is 5.07. The number of rotatable bonds is 5. The number of nitrogens with zero attached hydrogens (tertiary/aromatic N) is 4. The van der Waals surface area contributed by atoms with Gasteiger partial charge in [0.1, 0.15) is 11.2 Å². The molecule has 0 saturated carbocycles. The molecule has 0 saturated heterocycles. The van der Waals surface area contributed by atoms with Gasteiger partial charge in [0.2, 0.25) is 0 Å². The number of furan rings is 1. The Bertz CT molecular complexity index is 3550. The molecule has 270 valence electrons. The zero-order valence-corrected chi connectivity index (χ0v) is 31.2. The molecule has 0 aliphatic rings. The fourth-order valence-corrected chi connectivity index (χ4v) is 8.73. The van der Waals surface area contributed by atoms with Gasteiger partial charge >= 0.3 is 0 Å². The van der Waals surface area contributed by atoms with Crippen molar-refractivity contribution in [3.8, 4) is 50.8 Å². The molecule has 8 aromatic carbocycles. The van der Waals surface area contributed by atoms with Crippen LogP contribution in [0.5, 0.6) is 0 Å². The lowest BCUT2D eigenvalue weighted by molar-refractivity contribution is 0.669. The number of pyridine rings is 1. The predicted molar refractivity (Wildman–Crippen MR) is 238 cm³/mol. The maximum absolute atomic E-state index is 6.39. The van der Waals surface area contributed by atoms with E-state index in [0.29, 0.717) is 5.82 Å². The molecule has 0 unspecified atom stereocenters. The molecule has 0 fully saturated rings. The maximum Gasteiger partial charge on any atom is 0.160 e. The molecule has 12 rings (SSSR count). The van der Waals surface area contributed by atoms with Crippen molar-refractivity contribution in [2.45, 2.75) is 0 Å². The van der Waals surface area contributed by atoms with Crippen LogP contribution >= 0.6 is 0 Å². The number of benzene rings is 8. The van der Waals surface area contributed by atoms with Gasteiger partial charge in [-0.15, -0.1) is 0 Å². The van der Waals surface area contributed by atoms with Crippen LogP contribution in [0.15, 0.2) is 199 Å². The second kappa shape index (κ2) is 12.8. The van der Waals surface area contributed by atoms with Crippen molar-refractivity contribution in [2.24, 2.45) is 0 Å². The van der Waals surface area contributed by atoms with E-state index in [4.69, 9.17) is 19.4 Å². The zero-order chi connectivity index (χ0) is 38.2. The quantitative estimate of drug-likeness (QED) is 0.165. The third-order valence-corrected chi connectivity index (χ3v) is 11.4. The largest absolute Gasteiger partial charge is 0.456 e. The molecule has 0 aliphatic carbocycles. The Morgan fingerprint density at radius 1 is 0.362 bits per heavy atom. The van der Waals surface area contributed by atoms with Crippen LogP contribution in [0.2, 0.25) is 0 Å². The predicted octanol–water partition coefficient (Wildman–Crippen LogP) is 13.8. The summed E-state index contributed by atoms with van der Waals surface area (Å²) >= 11 is 0. The molecular formula is C53H32N4O. The standard InChI is InChI=1S/C53H32N4O/c1-4-14-33(15-5-1)43-32-44(35-25-28-47-42(30-35)38-20-10-12-22-46(38)57(47)37-18-8-3-9-19-37)56-53(55-43)36-24-26-39-45(31-36)54-52(34-16-6-2-7-17-34)41-27-29-49-51(50(39)41)40-21-11-13-23-48(40)58-49/h1-32H. The number of hydrogen-bond acceptors (Lipinski definition) is 4. The Balaban J connectivity index is 1.09. The fourth-order valence-electron chi connectivity index (χ4n) is 8.73. The second-order valence-electron chi connectivity index (χ2n) is 14.8. The van der Waals surface area contributed by atoms with E-state index in [1.165, 1.54) is 16.3 Å². The van der Waals surface area contributed by atoms with Crippen LogP contribution in [0.1, 0.15) is 0 Å². The van der Waals surface area contributed by atoms with Crippen LogP contribution in [-0.4, -0.2) is 19.5 Å². The second-order valence-corrected chi connectivity index (χ2v) is 14.8. The summed E-state index contributed by atoms with van der Waals surface area (Å²) in [6.07, 6.45) is 0. The van der Waals surface area contributed by atoms with Gasteiger partial charge in [-0.2, -0.15) is 0 Å². The molecule has 0 bridgehead atoms.